The average Bonchev–Trinajstić information content (AvgIpc) is 2.36. The van der Waals surface area contributed by atoms with E-state index < -0.39 is 6.10 Å². The highest BCUT2D eigenvalue weighted by Gasteiger charge is 2.18. The lowest BCUT2D eigenvalue weighted by molar-refractivity contribution is 0.158. The second kappa shape index (κ2) is 6.76. The highest BCUT2D eigenvalue weighted by atomic mass is 16.5. The third kappa shape index (κ3) is 4.67. The molecule has 0 aliphatic carbocycles. The summed E-state index contributed by atoms with van der Waals surface area (Å²) in [5.74, 6) is 0.777. The SMILES string of the molecule is CCCC(C)(C)NCC(O)c1cccc(OC)c1. The number of aliphatic hydroxyl groups is 1. The third-order valence-corrected chi connectivity index (χ3v) is 3.13. The fourth-order valence-electron chi connectivity index (χ4n) is 2.05. The number of nitrogens with one attached hydrogen (secondary N) is 1. The lowest BCUT2D eigenvalue weighted by atomic mass is 9.98. The zero-order valence-electron chi connectivity index (χ0n) is 11.9. The molecular formula is C15H25NO2. The lowest BCUT2D eigenvalue weighted by Gasteiger charge is -2.27. The molecule has 1 unspecified atom stereocenters. The van der Waals surface area contributed by atoms with Crippen molar-refractivity contribution in [3.8, 4) is 5.75 Å². The van der Waals surface area contributed by atoms with Crippen molar-refractivity contribution in [1.29, 1.82) is 0 Å². The summed E-state index contributed by atoms with van der Waals surface area (Å²) in [6, 6.07) is 7.57. The second-order valence-corrected chi connectivity index (χ2v) is 5.31. The second-order valence-electron chi connectivity index (χ2n) is 5.31. The zero-order chi connectivity index (χ0) is 13.6. The molecule has 0 heterocycles. The van der Waals surface area contributed by atoms with E-state index in [0.29, 0.717) is 6.54 Å². The third-order valence-electron chi connectivity index (χ3n) is 3.13. The van der Waals surface area contributed by atoms with Crippen LogP contribution in [0.25, 0.3) is 0 Å². The van der Waals surface area contributed by atoms with Gasteiger partial charge in [-0.05, 0) is 38.0 Å². The quantitative estimate of drug-likeness (QED) is 0.783. The number of ether oxygens (including phenoxy) is 1. The molecule has 2 N–H and O–H groups in total. The fraction of sp³-hybridized carbons (Fsp3) is 0.600. The number of hydrogen-bond acceptors (Lipinski definition) is 3. The number of hydrogen-bond donors (Lipinski definition) is 2. The Hall–Kier alpha value is -1.06. The van der Waals surface area contributed by atoms with Crippen molar-refractivity contribution in [2.75, 3.05) is 13.7 Å². The van der Waals surface area contributed by atoms with Crippen molar-refractivity contribution in [3.05, 3.63) is 29.8 Å². The molecule has 0 aromatic heterocycles. The number of rotatable bonds is 7. The van der Waals surface area contributed by atoms with E-state index >= 15 is 0 Å². The van der Waals surface area contributed by atoms with Gasteiger partial charge in [-0.15, -0.1) is 0 Å². The van der Waals surface area contributed by atoms with Gasteiger partial charge in [0, 0.05) is 12.1 Å². The van der Waals surface area contributed by atoms with Crippen molar-refractivity contribution in [1.82, 2.24) is 5.32 Å². The van der Waals surface area contributed by atoms with Crippen LogP contribution in [0.5, 0.6) is 5.75 Å². The van der Waals surface area contributed by atoms with E-state index in [2.05, 4.69) is 26.1 Å². The molecule has 0 aliphatic heterocycles. The number of β-amino-alcohol motifs (C(OH)–C–C–N with tert-alkyl or cyclic N) is 1. The maximum Gasteiger partial charge on any atom is 0.119 e. The molecule has 0 fully saturated rings. The highest BCUT2D eigenvalue weighted by Crippen LogP contribution is 2.19. The van der Waals surface area contributed by atoms with Gasteiger partial charge >= 0.3 is 0 Å². The number of methoxy groups -OCH3 is 1. The first-order valence-electron chi connectivity index (χ1n) is 6.55. The Kier molecular flexibility index (Phi) is 5.63. The minimum Gasteiger partial charge on any atom is -0.497 e. The molecular weight excluding hydrogens is 226 g/mol. The van der Waals surface area contributed by atoms with Gasteiger partial charge in [-0.3, -0.25) is 0 Å². The summed E-state index contributed by atoms with van der Waals surface area (Å²) >= 11 is 0. The molecule has 0 bridgehead atoms. The van der Waals surface area contributed by atoms with Gasteiger partial charge in [-0.2, -0.15) is 0 Å². The Bertz CT molecular complexity index is 363. The van der Waals surface area contributed by atoms with Gasteiger partial charge in [0.15, 0.2) is 0 Å². The van der Waals surface area contributed by atoms with Gasteiger partial charge in [0.25, 0.3) is 0 Å². The van der Waals surface area contributed by atoms with Crippen molar-refractivity contribution in [2.45, 2.75) is 45.3 Å². The van der Waals surface area contributed by atoms with Crippen LogP contribution in [-0.4, -0.2) is 24.3 Å². The van der Waals surface area contributed by atoms with Crippen LogP contribution >= 0.6 is 0 Å². The Morgan fingerprint density at radius 1 is 1.39 bits per heavy atom. The molecule has 18 heavy (non-hydrogen) atoms. The summed E-state index contributed by atoms with van der Waals surface area (Å²) in [7, 11) is 1.63. The standard InChI is InChI=1S/C15H25NO2/c1-5-9-15(2,3)16-11-14(17)12-7-6-8-13(10-12)18-4/h6-8,10,14,16-17H,5,9,11H2,1-4H3. The van der Waals surface area contributed by atoms with Gasteiger partial charge < -0.3 is 15.2 Å². The molecule has 0 amide bonds. The molecule has 1 aromatic rings. The van der Waals surface area contributed by atoms with Crippen LogP contribution in [0.2, 0.25) is 0 Å². The van der Waals surface area contributed by atoms with Crippen molar-refractivity contribution in [3.63, 3.8) is 0 Å². The molecule has 0 saturated heterocycles. The molecule has 1 atom stereocenters. The molecule has 102 valence electrons. The minimum atomic E-state index is -0.503. The summed E-state index contributed by atoms with van der Waals surface area (Å²) in [5, 5.41) is 13.6. The van der Waals surface area contributed by atoms with E-state index in [0.717, 1.165) is 24.2 Å². The molecule has 3 nitrogen and oxygen atoms in total. The van der Waals surface area contributed by atoms with Crippen LogP contribution in [0.3, 0.4) is 0 Å². The van der Waals surface area contributed by atoms with Crippen molar-refractivity contribution in [2.24, 2.45) is 0 Å². The van der Waals surface area contributed by atoms with Crippen LogP contribution in [0.4, 0.5) is 0 Å². The summed E-state index contributed by atoms with van der Waals surface area (Å²) in [5.41, 5.74) is 0.948. The molecule has 0 saturated carbocycles. The van der Waals surface area contributed by atoms with E-state index in [1.165, 1.54) is 0 Å². The first-order chi connectivity index (χ1) is 8.48. The van der Waals surface area contributed by atoms with Crippen LogP contribution in [0, 0.1) is 0 Å². The van der Waals surface area contributed by atoms with Crippen molar-refractivity contribution >= 4 is 0 Å². The highest BCUT2D eigenvalue weighted by molar-refractivity contribution is 5.29. The fourth-order valence-corrected chi connectivity index (χ4v) is 2.05. The van der Waals surface area contributed by atoms with E-state index in [9.17, 15) is 5.11 Å². The average molecular weight is 251 g/mol. The molecule has 0 spiro atoms. The maximum absolute atomic E-state index is 10.2. The summed E-state index contributed by atoms with van der Waals surface area (Å²) in [6.45, 7) is 7.05. The Balaban J connectivity index is 2.56. The van der Waals surface area contributed by atoms with E-state index in [1.54, 1.807) is 7.11 Å². The summed E-state index contributed by atoms with van der Waals surface area (Å²) in [4.78, 5) is 0. The smallest absolute Gasteiger partial charge is 0.119 e. The Morgan fingerprint density at radius 2 is 2.11 bits per heavy atom. The predicted octanol–water partition coefficient (Wildman–Crippen LogP) is 2.90. The normalized spacial score (nSPS) is 13.4. The van der Waals surface area contributed by atoms with E-state index in [-0.39, 0.29) is 5.54 Å². The minimum absolute atomic E-state index is 0.0641. The first-order valence-corrected chi connectivity index (χ1v) is 6.55. The van der Waals surface area contributed by atoms with Crippen LogP contribution in [0.1, 0.15) is 45.3 Å². The van der Waals surface area contributed by atoms with Crippen LogP contribution in [0.15, 0.2) is 24.3 Å². The molecule has 0 aliphatic rings. The van der Waals surface area contributed by atoms with Crippen LogP contribution in [-0.2, 0) is 0 Å². The Morgan fingerprint density at radius 3 is 2.72 bits per heavy atom. The number of benzene rings is 1. The van der Waals surface area contributed by atoms with Gasteiger partial charge in [-0.1, -0.05) is 25.5 Å². The zero-order valence-corrected chi connectivity index (χ0v) is 11.9. The van der Waals surface area contributed by atoms with Gasteiger partial charge in [0.2, 0.25) is 0 Å². The Labute approximate surface area is 110 Å². The van der Waals surface area contributed by atoms with Gasteiger partial charge in [0.05, 0.1) is 13.2 Å². The first kappa shape index (κ1) is 15.0. The monoisotopic (exact) mass is 251 g/mol. The van der Waals surface area contributed by atoms with Gasteiger partial charge in [-0.25, -0.2) is 0 Å². The number of aliphatic hydroxyl groups excluding tert-OH is 1. The molecule has 3 heteroatoms. The predicted molar refractivity (Wildman–Crippen MR) is 74.9 cm³/mol. The lowest BCUT2D eigenvalue weighted by Crippen LogP contribution is -2.41. The van der Waals surface area contributed by atoms with Gasteiger partial charge in [0.1, 0.15) is 5.75 Å². The summed E-state index contributed by atoms with van der Waals surface area (Å²) < 4.78 is 5.16. The molecule has 0 radical (unpaired) electrons. The maximum atomic E-state index is 10.2. The largest absolute Gasteiger partial charge is 0.497 e. The topological polar surface area (TPSA) is 41.5 Å². The van der Waals surface area contributed by atoms with Crippen molar-refractivity contribution < 1.29 is 9.84 Å². The van der Waals surface area contributed by atoms with Crippen LogP contribution < -0.4 is 10.1 Å². The summed E-state index contributed by atoms with van der Waals surface area (Å²) in [6.07, 6.45) is 1.73. The van der Waals surface area contributed by atoms with E-state index in [4.69, 9.17) is 4.74 Å². The molecule has 1 rings (SSSR count). The van der Waals surface area contributed by atoms with E-state index in [1.807, 2.05) is 24.3 Å². The molecule has 1 aromatic carbocycles.